The maximum atomic E-state index is 8.85. The first-order valence-electron chi connectivity index (χ1n) is 9.39. The van der Waals surface area contributed by atoms with Gasteiger partial charge in [0.15, 0.2) is 5.96 Å². The Morgan fingerprint density at radius 1 is 1.00 bits per heavy atom. The molecule has 0 saturated carbocycles. The van der Waals surface area contributed by atoms with E-state index in [1.807, 2.05) is 36.4 Å². The molecule has 0 fully saturated rings. The molecule has 5 nitrogen and oxygen atoms in total. The number of hydrogen-bond acceptors (Lipinski definition) is 3. The highest BCUT2D eigenvalue weighted by atomic mass is 16.5. The minimum atomic E-state index is 0.590. The summed E-state index contributed by atoms with van der Waals surface area (Å²) in [7, 11) is 1.69. The summed E-state index contributed by atoms with van der Waals surface area (Å²) in [6.07, 6.45) is 3.26. The molecule has 5 heteroatoms. The quantitative estimate of drug-likeness (QED) is 0.405. The molecule has 27 heavy (non-hydrogen) atoms. The molecule has 2 rings (SSSR count). The summed E-state index contributed by atoms with van der Waals surface area (Å²) in [6.45, 7) is 4.36. The van der Waals surface area contributed by atoms with Crippen molar-refractivity contribution in [2.24, 2.45) is 4.99 Å². The summed E-state index contributed by atoms with van der Waals surface area (Å²) < 4.78 is 5.18. The first-order chi connectivity index (χ1) is 13.2. The smallest absolute Gasteiger partial charge is 0.191 e. The van der Waals surface area contributed by atoms with Crippen LogP contribution in [0.5, 0.6) is 5.75 Å². The number of methoxy groups -OCH3 is 1. The summed E-state index contributed by atoms with van der Waals surface area (Å²) in [6, 6.07) is 17.9. The van der Waals surface area contributed by atoms with Crippen molar-refractivity contribution >= 4 is 5.96 Å². The fourth-order valence-electron chi connectivity index (χ4n) is 2.65. The molecule has 0 aliphatic heterocycles. The van der Waals surface area contributed by atoms with E-state index in [0.717, 1.165) is 49.6 Å². The molecular formula is C22H28N4O. The predicted octanol–water partition coefficient (Wildman–Crippen LogP) is 3.64. The maximum Gasteiger partial charge on any atom is 0.191 e. The van der Waals surface area contributed by atoms with Gasteiger partial charge in [0.25, 0.3) is 0 Å². The van der Waals surface area contributed by atoms with Crippen molar-refractivity contribution in [1.82, 2.24) is 10.6 Å². The number of nitrogens with one attached hydrogen (secondary N) is 2. The lowest BCUT2D eigenvalue weighted by Crippen LogP contribution is -2.37. The van der Waals surface area contributed by atoms with Crippen LogP contribution in [0.1, 0.15) is 36.5 Å². The first-order valence-corrected chi connectivity index (χ1v) is 9.39. The molecule has 0 heterocycles. The van der Waals surface area contributed by atoms with Crippen molar-refractivity contribution < 1.29 is 4.74 Å². The number of nitrogens with zero attached hydrogens (tertiary/aromatic N) is 2. The number of nitriles is 1. The van der Waals surface area contributed by atoms with E-state index in [1.165, 1.54) is 5.56 Å². The van der Waals surface area contributed by atoms with Crippen molar-refractivity contribution in [3.63, 3.8) is 0 Å². The van der Waals surface area contributed by atoms with Crippen molar-refractivity contribution in [2.45, 2.75) is 32.7 Å². The normalized spacial score (nSPS) is 10.9. The van der Waals surface area contributed by atoms with Crippen molar-refractivity contribution in [3.05, 3.63) is 65.2 Å². The number of benzene rings is 2. The lowest BCUT2D eigenvalue weighted by Gasteiger charge is -2.11. The van der Waals surface area contributed by atoms with Gasteiger partial charge in [0.05, 0.1) is 25.3 Å². The number of unbranched alkanes of at least 4 members (excludes halogenated alkanes) is 1. The number of hydrogen-bond donors (Lipinski definition) is 2. The Morgan fingerprint density at radius 2 is 1.70 bits per heavy atom. The van der Waals surface area contributed by atoms with Crippen molar-refractivity contribution in [3.8, 4) is 11.8 Å². The molecule has 0 spiro atoms. The molecule has 0 aliphatic carbocycles. The highest BCUT2D eigenvalue weighted by Gasteiger charge is 1.99. The number of ether oxygens (including phenoxy) is 1. The monoisotopic (exact) mass is 364 g/mol. The van der Waals surface area contributed by atoms with Gasteiger partial charge >= 0.3 is 0 Å². The molecule has 2 N–H and O–H groups in total. The lowest BCUT2D eigenvalue weighted by molar-refractivity contribution is 0.414. The van der Waals surface area contributed by atoms with Crippen molar-refractivity contribution in [2.75, 3.05) is 20.2 Å². The Labute approximate surface area is 162 Å². The van der Waals surface area contributed by atoms with E-state index in [1.54, 1.807) is 7.11 Å². The number of aliphatic imine (C=N–C) groups is 1. The van der Waals surface area contributed by atoms with Gasteiger partial charge in [-0.05, 0) is 61.6 Å². The number of guanidine groups is 1. The zero-order chi connectivity index (χ0) is 19.3. The van der Waals surface area contributed by atoms with Crippen LogP contribution in [0.2, 0.25) is 0 Å². The molecule has 2 aromatic rings. The summed E-state index contributed by atoms with van der Waals surface area (Å²) in [5, 5.41) is 15.5. The topological polar surface area (TPSA) is 69.4 Å². The fourth-order valence-corrected chi connectivity index (χ4v) is 2.65. The molecule has 142 valence electrons. The standard InChI is InChI=1S/C22H28N4O/c1-3-24-22(26-17-20-9-7-19(16-23)8-10-20)25-15-5-4-6-18-11-13-21(27-2)14-12-18/h7-14H,3-6,15,17H2,1-2H3,(H2,24,25,26). The summed E-state index contributed by atoms with van der Waals surface area (Å²) in [5.41, 5.74) is 3.09. The maximum absolute atomic E-state index is 8.85. The van der Waals surface area contributed by atoms with Crippen LogP contribution < -0.4 is 15.4 Å². The van der Waals surface area contributed by atoms with E-state index in [9.17, 15) is 0 Å². The molecule has 0 aliphatic rings. The third-order valence-corrected chi connectivity index (χ3v) is 4.19. The molecule has 0 saturated heterocycles. The first kappa shape index (κ1) is 20.3. The number of aryl methyl sites for hydroxylation is 1. The molecular weight excluding hydrogens is 336 g/mol. The lowest BCUT2D eigenvalue weighted by atomic mass is 10.1. The summed E-state index contributed by atoms with van der Waals surface area (Å²) in [4.78, 5) is 4.61. The van der Waals surface area contributed by atoms with Crippen LogP contribution in [0.25, 0.3) is 0 Å². The van der Waals surface area contributed by atoms with Crippen LogP contribution in [0.4, 0.5) is 0 Å². The number of rotatable bonds is 9. The van der Waals surface area contributed by atoms with Gasteiger partial charge in [-0.25, -0.2) is 4.99 Å². The predicted molar refractivity (Wildman–Crippen MR) is 110 cm³/mol. The van der Waals surface area contributed by atoms with E-state index in [-0.39, 0.29) is 0 Å². The minimum Gasteiger partial charge on any atom is -0.497 e. The molecule has 0 atom stereocenters. The third kappa shape index (κ3) is 7.41. The van der Waals surface area contributed by atoms with Gasteiger partial charge in [0.2, 0.25) is 0 Å². The largest absolute Gasteiger partial charge is 0.497 e. The third-order valence-electron chi connectivity index (χ3n) is 4.19. The van der Waals surface area contributed by atoms with Gasteiger partial charge in [-0.2, -0.15) is 5.26 Å². The molecule has 0 bridgehead atoms. The zero-order valence-electron chi connectivity index (χ0n) is 16.2. The van der Waals surface area contributed by atoms with Gasteiger partial charge in [-0.3, -0.25) is 0 Å². The second-order valence-electron chi connectivity index (χ2n) is 6.24. The van der Waals surface area contributed by atoms with Crippen LogP contribution in [0.15, 0.2) is 53.5 Å². The van der Waals surface area contributed by atoms with Crippen LogP contribution in [-0.2, 0) is 13.0 Å². The average molecular weight is 364 g/mol. The minimum absolute atomic E-state index is 0.590. The molecule has 0 amide bonds. The Morgan fingerprint density at radius 3 is 2.33 bits per heavy atom. The van der Waals surface area contributed by atoms with E-state index < -0.39 is 0 Å². The second kappa shape index (κ2) is 11.6. The highest BCUT2D eigenvalue weighted by Crippen LogP contribution is 2.13. The Bertz CT molecular complexity index is 745. The Kier molecular flexibility index (Phi) is 8.72. The van der Waals surface area contributed by atoms with Gasteiger partial charge in [0.1, 0.15) is 5.75 Å². The fraction of sp³-hybridized carbons (Fsp3) is 0.364. The highest BCUT2D eigenvalue weighted by molar-refractivity contribution is 5.79. The summed E-state index contributed by atoms with van der Waals surface area (Å²) >= 11 is 0. The van der Waals surface area contributed by atoms with Crippen LogP contribution in [-0.4, -0.2) is 26.2 Å². The zero-order valence-corrected chi connectivity index (χ0v) is 16.2. The summed E-state index contributed by atoms with van der Waals surface area (Å²) in [5.74, 6) is 1.72. The van der Waals surface area contributed by atoms with Crippen LogP contribution in [0.3, 0.4) is 0 Å². The van der Waals surface area contributed by atoms with Gasteiger partial charge in [-0.1, -0.05) is 24.3 Å². The van der Waals surface area contributed by atoms with Gasteiger partial charge < -0.3 is 15.4 Å². The van der Waals surface area contributed by atoms with Gasteiger partial charge in [-0.15, -0.1) is 0 Å². The van der Waals surface area contributed by atoms with E-state index >= 15 is 0 Å². The van der Waals surface area contributed by atoms with E-state index in [4.69, 9.17) is 10.00 Å². The molecule has 0 unspecified atom stereocenters. The van der Waals surface area contributed by atoms with Crippen LogP contribution >= 0.6 is 0 Å². The van der Waals surface area contributed by atoms with E-state index in [2.05, 4.69) is 40.8 Å². The SMILES string of the molecule is CCNC(=NCc1ccc(C#N)cc1)NCCCCc1ccc(OC)cc1. The molecule has 2 aromatic carbocycles. The van der Waals surface area contributed by atoms with E-state index in [0.29, 0.717) is 12.1 Å². The average Bonchev–Trinajstić information content (AvgIpc) is 2.72. The molecule has 0 radical (unpaired) electrons. The van der Waals surface area contributed by atoms with Crippen molar-refractivity contribution in [1.29, 1.82) is 5.26 Å². The Balaban J connectivity index is 1.73. The Hall–Kier alpha value is -3.00. The second-order valence-corrected chi connectivity index (χ2v) is 6.24. The van der Waals surface area contributed by atoms with Gasteiger partial charge in [0, 0.05) is 13.1 Å². The molecule has 0 aromatic heterocycles. The van der Waals surface area contributed by atoms with Crippen LogP contribution in [0, 0.1) is 11.3 Å².